The zero-order valence-corrected chi connectivity index (χ0v) is 14.0. The lowest BCUT2D eigenvalue weighted by Gasteiger charge is -2.14. The van der Waals surface area contributed by atoms with Gasteiger partial charge >= 0.3 is 0 Å². The molecule has 0 aromatic heterocycles. The topological polar surface area (TPSA) is 41.1 Å². The second kappa shape index (κ2) is 7.52. The molecule has 3 nitrogen and oxygen atoms in total. The van der Waals surface area contributed by atoms with Crippen molar-refractivity contribution in [2.75, 3.05) is 17.2 Å². The number of rotatable bonds is 5. The summed E-state index contributed by atoms with van der Waals surface area (Å²) in [5, 5.41) is 6.91. The van der Waals surface area contributed by atoms with Gasteiger partial charge in [0.2, 0.25) is 5.91 Å². The number of amides is 1. The fourth-order valence-corrected chi connectivity index (χ4v) is 2.69. The molecule has 2 aromatic rings. The third-order valence-corrected chi connectivity index (χ3v) is 3.60. The van der Waals surface area contributed by atoms with Gasteiger partial charge in [-0.05, 0) is 35.7 Å². The van der Waals surface area contributed by atoms with E-state index in [-0.39, 0.29) is 12.5 Å². The van der Waals surface area contributed by atoms with Crippen LogP contribution < -0.4 is 10.6 Å². The minimum Gasteiger partial charge on any atom is -0.376 e. The van der Waals surface area contributed by atoms with Crippen molar-refractivity contribution in [3.05, 3.63) is 58.1 Å². The molecular formula is C17H18Cl2N2O. The third kappa shape index (κ3) is 4.65. The first kappa shape index (κ1) is 16.7. The highest BCUT2D eigenvalue weighted by molar-refractivity contribution is 6.35. The maximum atomic E-state index is 12.0. The van der Waals surface area contributed by atoms with Crippen molar-refractivity contribution in [3.63, 3.8) is 0 Å². The van der Waals surface area contributed by atoms with Crippen molar-refractivity contribution < 1.29 is 4.79 Å². The molecule has 2 rings (SSSR count). The molecule has 116 valence electrons. The van der Waals surface area contributed by atoms with E-state index in [0.717, 1.165) is 5.69 Å². The summed E-state index contributed by atoms with van der Waals surface area (Å²) >= 11 is 11.8. The Morgan fingerprint density at radius 1 is 1.09 bits per heavy atom. The molecule has 0 heterocycles. The first-order chi connectivity index (χ1) is 10.5. The lowest BCUT2D eigenvalue weighted by Crippen LogP contribution is -2.22. The van der Waals surface area contributed by atoms with Crippen molar-refractivity contribution in [2.45, 2.75) is 19.8 Å². The SMILES string of the molecule is CC(C)c1ccccc1NCC(=O)Nc1cc(Cl)cc(Cl)c1. The predicted octanol–water partition coefficient (Wildman–Crippen LogP) is 5.17. The van der Waals surface area contributed by atoms with Crippen molar-refractivity contribution >= 4 is 40.5 Å². The normalized spacial score (nSPS) is 10.6. The molecule has 0 radical (unpaired) electrons. The van der Waals surface area contributed by atoms with Crippen LogP contribution in [0.25, 0.3) is 0 Å². The van der Waals surface area contributed by atoms with Crippen LogP contribution in [-0.2, 0) is 4.79 Å². The molecule has 0 unspecified atom stereocenters. The van der Waals surface area contributed by atoms with E-state index in [9.17, 15) is 4.79 Å². The molecule has 2 N–H and O–H groups in total. The fourth-order valence-electron chi connectivity index (χ4n) is 2.17. The number of anilines is 2. The summed E-state index contributed by atoms with van der Waals surface area (Å²) in [4.78, 5) is 12.0. The van der Waals surface area contributed by atoms with Gasteiger partial charge in [-0.15, -0.1) is 0 Å². The number of para-hydroxylation sites is 1. The maximum Gasteiger partial charge on any atom is 0.243 e. The van der Waals surface area contributed by atoms with Gasteiger partial charge in [0.1, 0.15) is 0 Å². The Kier molecular flexibility index (Phi) is 5.69. The molecule has 0 saturated heterocycles. The second-order valence-electron chi connectivity index (χ2n) is 5.30. The average molecular weight is 337 g/mol. The molecule has 0 bridgehead atoms. The van der Waals surface area contributed by atoms with E-state index in [1.807, 2.05) is 18.2 Å². The highest BCUT2D eigenvalue weighted by atomic mass is 35.5. The van der Waals surface area contributed by atoms with E-state index < -0.39 is 0 Å². The lowest BCUT2D eigenvalue weighted by molar-refractivity contribution is -0.114. The zero-order chi connectivity index (χ0) is 16.1. The van der Waals surface area contributed by atoms with Gasteiger partial charge in [-0.1, -0.05) is 55.2 Å². The standard InChI is InChI=1S/C17H18Cl2N2O/c1-11(2)15-5-3-4-6-16(15)20-10-17(22)21-14-8-12(18)7-13(19)9-14/h3-9,11,20H,10H2,1-2H3,(H,21,22). The summed E-state index contributed by atoms with van der Waals surface area (Å²) in [6.07, 6.45) is 0. The minimum absolute atomic E-state index is 0.156. The number of hydrogen-bond donors (Lipinski definition) is 2. The molecule has 2 aromatic carbocycles. The predicted molar refractivity (Wildman–Crippen MR) is 94.1 cm³/mol. The maximum absolute atomic E-state index is 12.0. The Morgan fingerprint density at radius 2 is 1.73 bits per heavy atom. The van der Waals surface area contributed by atoms with E-state index in [2.05, 4.69) is 30.5 Å². The Labute approximate surface area is 140 Å². The average Bonchev–Trinajstić information content (AvgIpc) is 2.44. The molecule has 5 heteroatoms. The van der Waals surface area contributed by atoms with Crippen LogP contribution in [0.3, 0.4) is 0 Å². The van der Waals surface area contributed by atoms with Gasteiger partial charge in [-0.2, -0.15) is 0 Å². The summed E-state index contributed by atoms with van der Waals surface area (Å²) in [6, 6.07) is 12.9. The molecule has 0 aliphatic carbocycles. The Bertz CT molecular complexity index is 651. The highest BCUT2D eigenvalue weighted by Gasteiger charge is 2.08. The highest BCUT2D eigenvalue weighted by Crippen LogP contribution is 2.24. The van der Waals surface area contributed by atoms with Gasteiger partial charge in [0.15, 0.2) is 0 Å². The van der Waals surface area contributed by atoms with Crippen LogP contribution in [0.5, 0.6) is 0 Å². The van der Waals surface area contributed by atoms with Gasteiger partial charge in [0.05, 0.1) is 6.54 Å². The largest absolute Gasteiger partial charge is 0.376 e. The van der Waals surface area contributed by atoms with Crippen LogP contribution in [-0.4, -0.2) is 12.5 Å². The number of nitrogens with one attached hydrogen (secondary N) is 2. The molecule has 0 aliphatic heterocycles. The second-order valence-corrected chi connectivity index (χ2v) is 6.17. The number of carbonyl (C=O) groups excluding carboxylic acids is 1. The van der Waals surface area contributed by atoms with Crippen molar-refractivity contribution in [3.8, 4) is 0 Å². The van der Waals surface area contributed by atoms with E-state index in [1.54, 1.807) is 18.2 Å². The summed E-state index contributed by atoms with van der Waals surface area (Å²) in [5.41, 5.74) is 2.74. The molecule has 0 spiro atoms. The van der Waals surface area contributed by atoms with E-state index in [4.69, 9.17) is 23.2 Å². The van der Waals surface area contributed by atoms with Crippen LogP contribution >= 0.6 is 23.2 Å². The Morgan fingerprint density at radius 3 is 2.36 bits per heavy atom. The van der Waals surface area contributed by atoms with Gasteiger partial charge in [0, 0.05) is 21.4 Å². The van der Waals surface area contributed by atoms with Crippen LogP contribution in [0.4, 0.5) is 11.4 Å². The fraction of sp³-hybridized carbons (Fsp3) is 0.235. The number of halogens is 2. The van der Waals surface area contributed by atoms with Crippen LogP contribution in [0.15, 0.2) is 42.5 Å². The summed E-state index contributed by atoms with van der Waals surface area (Å²) in [6.45, 7) is 4.41. The molecule has 1 amide bonds. The zero-order valence-electron chi connectivity index (χ0n) is 12.5. The quantitative estimate of drug-likeness (QED) is 0.790. The summed E-state index contributed by atoms with van der Waals surface area (Å²) in [5.74, 6) is 0.232. The summed E-state index contributed by atoms with van der Waals surface area (Å²) in [7, 11) is 0. The number of hydrogen-bond acceptors (Lipinski definition) is 2. The number of carbonyl (C=O) groups is 1. The van der Waals surface area contributed by atoms with E-state index >= 15 is 0 Å². The molecule has 0 aliphatic rings. The van der Waals surface area contributed by atoms with Crippen LogP contribution in [0, 0.1) is 0 Å². The number of benzene rings is 2. The Balaban J connectivity index is 1.99. The first-order valence-corrected chi connectivity index (χ1v) is 7.80. The third-order valence-electron chi connectivity index (χ3n) is 3.17. The van der Waals surface area contributed by atoms with E-state index in [1.165, 1.54) is 5.56 Å². The van der Waals surface area contributed by atoms with Crippen molar-refractivity contribution in [1.29, 1.82) is 0 Å². The van der Waals surface area contributed by atoms with Crippen molar-refractivity contribution in [2.24, 2.45) is 0 Å². The molecule has 0 fully saturated rings. The van der Waals surface area contributed by atoms with Gasteiger partial charge in [-0.3, -0.25) is 4.79 Å². The lowest BCUT2D eigenvalue weighted by atomic mass is 10.0. The molecule has 0 atom stereocenters. The Hall–Kier alpha value is -1.71. The van der Waals surface area contributed by atoms with Gasteiger partial charge < -0.3 is 10.6 Å². The van der Waals surface area contributed by atoms with Gasteiger partial charge in [0.25, 0.3) is 0 Å². The molecular weight excluding hydrogens is 319 g/mol. The summed E-state index contributed by atoms with van der Waals surface area (Å²) < 4.78 is 0. The molecule has 22 heavy (non-hydrogen) atoms. The first-order valence-electron chi connectivity index (χ1n) is 7.04. The van der Waals surface area contributed by atoms with E-state index in [0.29, 0.717) is 21.7 Å². The van der Waals surface area contributed by atoms with Crippen LogP contribution in [0.2, 0.25) is 10.0 Å². The smallest absolute Gasteiger partial charge is 0.243 e. The monoisotopic (exact) mass is 336 g/mol. The van der Waals surface area contributed by atoms with Crippen molar-refractivity contribution in [1.82, 2.24) is 0 Å². The van der Waals surface area contributed by atoms with Crippen LogP contribution in [0.1, 0.15) is 25.3 Å². The minimum atomic E-state index is -0.156. The van der Waals surface area contributed by atoms with Gasteiger partial charge in [-0.25, -0.2) is 0 Å². The molecule has 0 saturated carbocycles.